The first kappa shape index (κ1) is 14.2. The molecule has 1 amide bonds. The summed E-state index contributed by atoms with van der Waals surface area (Å²) in [6.07, 6.45) is 2.22. The van der Waals surface area contributed by atoms with Gasteiger partial charge in [-0.15, -0.1) is 0 Å². The van der Waals surface area contributed by atoms with E-state index in [-0.39, 0.29) is 17.1 Å². The summed E-state index contributed by atoms with van der Waals surface area (Å²) >= 11 is 0. The quantitative estimate of drug-likeness (QED) is 0.796. The minimum atomic E-state index is -0.606. The molecule has 1 aromatic carbocycles. The van der Waals surface area contributed by atoms with E-state index in [0.717, 1.165) is 18.9 Å². The minimum Gasteiger partial charge on any atom is -0.508 e. The number of hydrogen-bond donors (Lipinski definition) is 2. The summed E-state index contributed by atoms with van der Waals surface area (Å²) in [4.78, 5) is 25.6. The van der Waals surface area contributed by atoms with Crippen LogP contribution < -0.4 is 0 Å². The summed E-state index contributed by atoms with van der Waals surface area (Å²) in [5.74, 6) is -1.23. The number of esters is 1. The van der Waals surface area contributed by atoms with Gasteiger partial charge in [0.1, 0.15) is 17.5 Å². The summed E-state index contributed by atoms with van der Waals surface area (Å²) in [5, 5.41) is 18.9. The molecular formula is C14H17NO5. The maximum Gasteiger partial charge on any atom is 0.328 e. The molecule has 0 spiro atoms. The molecule has 1 aromatic rings. The summed E-state index contributed by atoms with van der Waals surface area (Å²) < 4.78 is 4.72. The fraction of sp³-hybridized carbons (Fsp3) is 0.429. The van der Waals surface area contributed by atoms with Crippen molar-refractivity contribution in [2.24, 2.45) is 0 Å². The lowest BCUT2D eigenvalue weighted by Gasteiger charge is -2.33. The van der Waals surface area contributed by atoms with Crippen molar-refractivity contribution in [2.45, 2.75) is 25.3 Å². The second-order valence-electron chi connectivity index (χ2n) is 4.77. The summed E-state index contributed by atoms with van der Waals surface area (Å²) in [5.41, 5.74) is 0.151. The monoisotopic (exact) mass is 279 g/mol. The van der Waals surface area contributed by atoms with Gasteiger partial charge in [0.2, 0.25) is 0 Å². The fourth-order valence-electron chi connectivity index (χ4n) is 2.44. The molecule has 0 radical (unpaired) electrons. The van der Waals surface area contributed by atoms with Gasteiger partial charge in [-0.05, 0) is 31.4 Å². The number of piperidine rings is 1. The average Bonchev–Trinajstić information content (AvgIpc) is 2.44. The van der Waals surface area contributed by atoms with Crippen LogP contribution in [0.15, 0.2) is 18.2 Å². The molecule has 1 heterocycles. The third-order valence-electron chi connectivity index (χ3n) is 3.39. The molecule has 1 atom stereocenters. The number of amides is 1. The molecule has 108 valence electrons. The van der Waals surface area contributed by atoms with E-state index in [1.807, 2.05) is 0 Å². The van der Waals surface area contributed by atoms with Crippen molar-refractivity contribution >= 4 is 11.9 Å². The molecule has 20 heavy (non-hydrogen) atoms. The van der Waals surface area contributed by atoms with Crippen LogP contribution in [-0.2, 0) is 9.53 Å². The van der Waals surface area contributed by atoms with E-state index >= 15 is 0 Å². The van der Waals surface area contributed by atoms with Crippen molar-refractivity contribution in [1.82, 2.24) is 4.90 Å². The predicted octanol–water partition coefficient (Wildman–Crippen LogP) is 1.27. The first-order chi connectivity index (χ1) is 9.52. The zero-order valence-corrected chi connectivity index (χ0v) is 11.2. The molecule has 6 nitrogen and oxygen atoms in total. The summed E-state index contributed by atoms with van der Waals surface area (Å²) in [7, 11) is 1.29. The van der Waals surface area contributed by atoms with Crippen molar-refractivity contribution in [3.63, 3.8) is 0 Å². The lowest BCUT2D eigenvalue weighted by Crippen LogP contribution is -2.48. The smallest absolute Gasteiger partial charge is 0.328 e. The number of methoxy groups -OCH3 is 1. The number of benzene rings is 1. The number of aromatic hydroxyl groups is 2. The number of likely N-dealkylation sites (tertiary alicyclic amines) is 1. The first-order valence-corrected chi connectivity index (χ1v) is 6.44. The number of phenolic OH excluding ortho intramolecular Hbond substituents is 2. The highest BCUT2D eigenvalue weighted by Gasteiger charge is 2.33. The average molecular weight is 279 g/mol. The van der Waals surface area contributed by atoms with Gasteiger partial charge in [-0.25, -0.2) is 4.79 Å². The van der Waals surface area contributed by atoms with Crippen LogP contribution in [0, 0.1) is 0 Å². The van der Waals surface area contributed by atoms with Gasteiger partial charge < -0.3 is 19.8 Å². The standard InChI is InChI=1S/C14H17NO5/c1-20-14(19)12-4-2-3-5-15(12)13(18)9-6-10(16)8-11(17)7-9/h6-8,12,16-17H,2-5H2,1H3. The van der Waals surface area contributed by atoms with E-state index in [1.54, 1.807) is 0 Å². The number of carbonyl (C=O) groups is 2. The highest BCUT2D eigenvalue weighted by Crippen LogP contribution is 2.25. The number of carbonyl (C=O) groups excluding carboxylic acids is 2. The number of phenols is 2. The maximum atomic E-state index is 12.4. The number of hydrogen-bond acceptors (Lipinski definition) is 5. The van der Waals surface area contributed by atoms with Crippen molar-refractivity contribution in [3.8, 4) is 11.5 Å². The zero-order chi connectivity index (χ0) is 14.7. The van der Waals surface area contributed by atoms with Crippen LogP contribution >= 0.6 is 0 Å². The van der Waals surface area contributed by atoms with E-state index in [1.165, 1.54) is 24.1 Å². The van der Waals surface area contributed by atoms with Crippen molar-refractivity contribution in [2.75, 3.05) is 13.7 Å². The van der Waals surface area contributed by atoms with Gasteiger partial charge in [0, 0.05) is 18.2 Å². The molecule has 0 aromatic heterocycles. The Hall–Kier alpha value is -2.24. The molecule has 1 aliphatic rings. The van der Waals surface area contributed by atoms with Crippen molar-refractivity contribution in [3.05, 3.63) is 23.8 Å². The lowest BCUT2D eigenvalue weighted by atomic mass is 10.0. The molecule has 2 N–H and O–H groups in total. The van der Waals surface area contributed by atoms with E-state index in [4.69, 9.17) is 4.74 Å². The largest absolute Gasteiger partial charge is 0.508 e. The highest BCUT2D eigenvalue weighted by molar-refractivity contribution is 5.97. The van der Waals surface area contributed by atoms with E-state index in [9.17, 15) is 19.8 Å². The normalized spacial score (nSPS) is 18.6. The molecule has 2 rings (SSSR count). The molecule has 1 aliphatic heterocycles. The van der Waals surface area contributed by atoms with Gasteiger partial charge in [-0.2, -0.15) is 0 Å². The van der Waals surface area contributed by atoms with Crippen LogP contribution in [0.3, 0.4) is 0 Å². The molecular weight excluding hydrogens is 262 g/mol. The Morgan fingerprint density at radius 1 is 1.20 bits per heavy atom. The van der Waals surface area contributed by atoms with Crippen LogP contribution in [0.4, 0.5) is 0 Å². The molecule has 6 heteroatoms. The van der Waals surface area contributed by atoms with Crippen LogP contribution in [0.1, 0.15) is 29.6 Å². The number of rotatable bonds is 2. The van der Waals surface area contributed by atoms with Crippen molar-refractivity contribution in [1.29, 1.82) is 0 Å². The molecule has 0 bridgehead atoms. The van der Waals surface area contributed by atoms with Gasteiger partial charge in [0.05, 0.1) is 7.11 Å². The Balaban J connectivity index is 2.27. The molecule has 1 fully saturated rings. The molecule has 1 unspecified atom stereocenters. The van der Waals surface area contributed by atoms with Gasteiger partial charge in [0.25, 0.3) is 5.91 Å². The topological polar surface area (TPSA) is 87.1 Å². The fourth-order valence-corrected chi connectivity index (χ4v) is 2.44. The number of nitrogens with zero attached hydrogens (tertiary/aromatic N) is 1. The second kappa shape index (κ2) is 5.81. The van der Waals surface area contributed by atoms with Crippen LogP contribution in [-0.4, -0.2) is 46.7 Å². The molecule has 1 saturated heterocycles. The Morgan fingerprint density at radius 3 is 2.45 bits per heavy atom. The van der Waals surface area contributed by atoms with E-state index < -0.39 is 17.9 Å². The van der Waals surface area contributed by atoms with Gasteiger partial charge in [-0.1, -0.05) is 0 Å². The van der Waals surface area contributed by atoms with Gasteiger partial charge in [-0.3, -0.25) is 4.79 Å². The Morgan fingerprint density at radius 2 is 1.85 bits per heavy atom. The first-order valence-electron chi connectivity index (χ1n) is 6.44. The maximum absolute atomic E-state index is 12.4. The summed E-state index contributed by atoms with van der Waals surface area (Å²) in [6, 6.07) is 3.08. The second-order valence-corrected chi connectivity index (χ2v) is 4.77. The Bertz CT molecular complexity index is 508. The van der Waals surface area contributed by atoms with Crippen LogP contribution in [0.25, 0.3) is 0 Å². The van der Waals surface area contributed by atoms with Gasteiger partial charge >= 0.3 is 5.97 Å². The van der Waals surface area contributed by atoms with Crippen molar-refractivity contribution < 1.29 is 24.5 Å². The van der Waals surface area contributed by atoms with Crippen LogP contribution in [0.2, 0.25) is 0 Å². The van der Waals surface area contributed by atoms with E-state index in [0.29, 0.717) is 13.0 Å². The molecule has 0 aliphatic carbocycles. The Labute approximate surface area is 116 Å². The molecule has 0 saturated carbocycles. The zero-order valence-electron chi connectivity index (χ0n) is 11.2. The van der Waals surface area contributed by atoms with Gasteiger partial charge in [0.15, 0.2) is 0 Å². The predicted molar refractivity (Wildman–Crippen MR) is 70.5 cm³/mol. The number of ether oxygens (including phenoxy) is 1. The summed E-state index contributed by atoms with van der Waals surface area (Å²) in [6.45, 7) is 0.453. The van der Waals surface area contributed by atoms with E-state index in [2.05, 4.69) is 0 Å². The Kier molecular flexibility index (Phi) is 4.12. The third kappa shape index (κ3) is 2.84. The van der Waals surface area contributed by atoms with Crippen LogP contribution in [0.5, 0.6) is 11.5 Å². The highest BCUT2D eigenvalue weighted by atomic mass is 16.5. The third-order valence-corrected chi connectivity index (χ3v) is 3.39. The minimum absolute atomic E-state index is 0.151. The SMILES string of the molecule is COC(=O)C1CCCCN1C(=O)c1cc(O)cc(O)c1. The lowest BCUT2D eigenvalue weighted by molar-refractivity contribution is -0.147.